The van der Waals surface area contributed by atoms with Gasteiger partial charge in [0.2, 0.25) is 0 Å². The molecule has 1 saturated heterocycles. The molecule has 0 aliphatic carbocycles. The first kappa shape index (κ1) is 20.4. The van der Waals surface area contributed by atoms with E-state index in [1.807, 2.05) is 24.3 Å². The molecule has 2 heterocycles. The fraction of sp³-hybridized carbons (Fsp3) is 0.450. The number of anilines is 3. The Morgan fingerprint density at radius 2 is 1.93 bits per heavy atom. The Kier molecular flexibility index (Phi) is 7.45. The minimum absolute atomic E-state index is 0.195. The number of likely N-dealkylation sites (tertiary alicyclic amines) is 1. The van der Waals surface area contributed by atoms with Gasteiger partial charge in [0.1, 0.15) is 16.8 Å². The van der Waals surface area contributed by atoms with Crippen molar-refractivity contribution in [2.24, 2.45) is 0 Å². The minimum Gasteiger partial charge on any atom is -0.340 e. The number of carbonyl (C=O) groups excluding carboxylic acids is 1. The van der Waals surface area contributed by atoms with Crippen molar-refractivity contribution in [3.05, 3.63) is 41.3 Å². The minimum atomic E-state index is -0.195. The lowest BCUT2D eigenvalue weighted by Crippen LogP contribution is -2.30. The molecule has 1 aliphatic rings. The fourth-order valence-electron chi connectivity index (χ4n) is 3.26. The Labute approximate surface area is 170 Å². The molecule has 2 amide bonds. The van der Waals surface area contributed by atoms with Gasteiger partial charge in [-0.25, -0.2) is 14.8 Å². The Morgan fingerprint density at radius 1 is 1.14 bits per heavy atom. The molecule has 1 aromatic heterocycles. The Morgan fingerprint density at radius 3 is 2.71 bits per heavy atom. The van der Waals surface area contributed by atoms with Crippen LogP contribution in [-0.2, 0) is 0 Å². The molecule has 1 aromatic carbocycles. The van der Waals surface area contributed by atoms with Crippen molar-refractivity contribution >= 4 is 34.8 Å². The first-order valence-electron chi connectivity index (χ1n) is 9.74. The maximum absolute atomic E-state index is 12.1. The SMILES string of the molecule is Cc1nc(Cl)cc(Nc2cccc(NC(=O)NCCCCN3CCCC3)c2)n1. The number of rotatable bonds is 8. The highest BCUT2D eigenvalue weighted by molar-refractivity contribution is 6.29. The molecular weight excluding hydrogens is 376 g/mol. The molecule has 28 heavy (non-hydrogen) atoms. The number of aromatic nitrogens is 2. The van der Waals surface area contributed by atoms with Crippen molar-refractivity contribution in [1.29, 1.82) is 0 Å². The highest BCUT2D eigenvalue weighted by Crippen LogP contribution is 2.20. The number of carbonyl (C=O) groups is 1. The van der Waals surface area contributed by atoms with Crippen LogP contribution in [0.25, 0.3) is 0 Å². The molecular formula is C20H27ClN6O. The second kappa shape index (κ2) is 10.2. The van der Waals surface area contributed by atoms with Crippen LogP contribution in [0.5, 0.6) is 0 Å². The molecule has 0 saturated carbocycles. The van der Waals surface area contributed by atoms with Gasteiger partial charge in [-0.15, -0.1) is 0 Å². The highest BCUT2D eigenvalue weighted by atomic mass is 35.5. The van der Waals surface area contributed by atoms with Gasteiger partial charge in [0.15, 0.2) is 0 Å². The summed E-state index contributed by atoms with van der Waals surface area (Å²) in [5, 5.41) is 9.33. The zero-order chi connectivity index (χ0) is 19.8. The smallest absolute Gasteiger partial charge is 0.319 e. The molecule has 2 aromatic rings. The van der Waals surface area contributed by atoms with Gasteiger partial charge in [-0.3, -0.25) is 0 Å². The van der Waals surface area contributed by atoms with Gasteiger partial charge in [-0.1, -0.05) is 17.7 Å². The number of hydrogen-bond acceptors (Lipinski definition) is 5. The molecule has 1 aliphatic heterocycles. The number of aryl methyl sites for hydroxylation is 1. The van der Waals surface area contributed by atoms with E-state index >= 15 is 0 Å². The van der Waals surface area contributed by atoms with E-state index in [2.05, 4.69) is 30.8 Å². The van der Waals surface area contributed by atoms with E-state index < -0.39 is 0 Å². The lowest BCUT2D eigenvalue weighted by molar-refractivity contribution is 0.251. The summed E-state index contributed by atoms with van der Waals surface area (Å²) in [5.74, 6) is 1.20. The molecule has 0 radical (unpaired) electrons. The molecule has 0 bridgehead atoms. The van der Waals surface area contributed by atoms with E-state index in [9.17, 15) is 4.79 Å². The Hall–Kier alpha value is -2.38. The van der Waals surface area contributed by atoms with Crippen LogP contribution in [-0.4, -0.2) is 47.1 Å². The molecule has 0 atom stereocenters. The van der Waals surface area contributed by atoms with Gasteiger partial charge in [0, 0.05) is 24.0 Å². The quantitative estimate of drug-likeness (QED) is 0.455. The third-order valence-corrected chi connectivity index (χ3v) is 4.78. The number of unbranched alkanes of at least 4 members (excludes halogenated alkanes) is 1. The molecule has 0 unspecified atom stereocenters. The topological polar surface area (TPSA) is 82.2 Å². The monoisotopic (exact) mass is 402 g/mol. The third-order valence-electron chi connectivity index (χ3n) is 4.58. The second-order valence-corrected chi connectivity index (χ2v) is 7.35. The lowest BCUT2D eigenvalue weighted by atomic mass is 10.2. The van der Waals surface area contributed by atoms with Crippen LogP contribution in [0.2, 0.25) is 5.15 Å². The van der Waals surface area contributed by atoms with Crippen LogP contribution in [0.15, 0.2) is 30.3 Å². The summed E-state index contributed by atoms with van der Waals surface area (Å²) in [6.07, 6.45) is 4.73. The predicted octanol–water partition coefficient (Wildman–Crippen LogP) is 4.18. The van der Waals surface area contributed by atoms with Gasteiger partial charge in [0.25, 0.3) is 0 Å². The summed E-state index contributed by atoms with van der Waals surface area (Å²) >= 11 is 5.97. The second-order valence-electron chi connectivity index (χ2n) is 6.97. The number of nitrogens with one attached hydrogen (secondary N) is 3. The number of amides is 2. The van der Waals surface area contributed by atoms with E-state index in [4.69, 9.17) is 11.6 Å². The zero-order valence-corrected chi connectivity index (χ0v) is 16.9. The average Bonchev–Trinajstić information content (AvgIpc) is 3.14. The summed E-state index contributed by atoms with van der Waals surface area (Å²) in [6.45, 7) is 6.03. The molecule has 3 N–H and O–H groups in total. The summed E-state index contributed by atoms with van der Waals surface area (Å²) in [6, 6.07) is 8.91. The van der Waals surface area contributed by atoms with Gasteiger partial charge in [0.05, 0.1) is 0 Å². The maximum atomic E-state index is 12.1. The number of nitrogens with zero attached hydrogens (tertiary/aromatic N) is 3. The van der Waals surface area contributed by atoms with Crippen molar-refractivity contribution in [2.45, 2.75) is 32.6 Å². The van der Waals surface area contributed by atoms with Gasteiger partial charge in [-0.2, -0.15) is 0 Å². The van der Waals surface area contributed by atoms with Gasteiger partial charge < -0.3 is 20.9 Å². The predicted molar refractivity (Wildman–Crippen MR) is 113 cm³/mol. The zero-order valence-electron chi connectivity index (χ0n) is 16.2. The summed E-state index contributed by atoms with van der Waals surface area (Å²) < 4.78 is 0. The summed E-state index contributed by atoms with van der Waals surface area (Å²) in [5.41, 5.74) is 1.51. The Bertz CT molecular complexity index is 774. The highest BCUT2D eigenvalue weighted by Gasteiger charge is 2.10. The van der Waals surface area contributed by atoms with Crippen LogP contribution >= 0.6 is 11.6 Å². The number of benzene rings is 1. The normalized spacial score (nSPS) is 14.1. The molecule has 3 rings (SSSR count). The summed E-state index contributed by atoms with van der Waals surface area (Å²) in [7, 11) is 0. The first-order chi connectivity index (χ1) is 13.6. The lowest BCUT2D eigenvalue weighted by Gasteiger charge is -2.14. The van der Waals surface area contributed by atoms with Crippen LogP contribution < -0.4 is 16.0 Å². The van der Waals surface area contributed by atoms with Crippen LogP contribution in [0.4, 0.5) is 22.0 Å². The van der Waals surface area contributed by atoms with E-state index in [1.165, 1.54) is 25.9 Å². The van der Waals surface area contributed by atoms with E-state index in [0.717, 1.165) is 25.1 Å². The van der Waals surface area contributed by atoms with Crippen molar-refractivity contribution in [3.8, 4) is 0 Å². The van der Waals surface area contributed by atoms with Crippen molar-refractivity contribution in [2.75, 3.05) is 36.8 Å². The number of hydrogen-bond donors (Lipinski definition) is 3. The van der Waals surface area contributed by atoms with Crippen LogP contribution in [0, 0.1) is 6.92 Å². The van der Waals surface area contributed by atoms with Crippen molar-refractivity contribution < 1.29 is 4.79 Å². The molecule has 7 nitrogen and oxygen atoms in total. The van der Waals surface area contributed by atoms with Gasteiger partial charge in [-0.05, 0) is 70.4 Å². The summed E-state index contributed by atoms with van der Waals surface area (Å²) in [4.78, 5) is 22.9. The molecule has 0 spiro atoms. The average molecular weight is 403 g/mol. The fourth-order valence-corrected chi connectivity index (χ4v) is 3.49. The van der Waals surface area contributed by atoms with E-state index in [1.54, 1.807) is 13.0 Å². The van der Waals surface area contributed by atoms with E-state index in [-0.39, 0.29) is 6.03 Å². The number of urea groups is 1. The largest absolute Gasteiger partial charge is 0.340 e. The van der Waals surface area contributed by atoms with Crippen molar-refractivity contribution in [3.63, 3.8) is 0 Å². The maximum Gasteiger partial charge on any atom is 0.319 e. The van der Waals surface area contributed by atoms with Crippen LogP contribution in [0.1, 0.15) is 31.5 Å². The molecule has 1 fully saturated rings. The molecule has 150 valence electrons. The Balaban J connectivity index is 1.42. The standard InChI is InChI=1S/C20H27ClN6O/c1-15-23-18(21)14-19(24-15)25-16-7-6-8-17(13-16)26-20(28)22-9-2-3-10-27-11-4-5-12-27/h6-8,13-14H,2-5,9-12H2,1H3,(H2,22,26,28)(H,23,24,25). The molecule has 8 heteroatoms. The van der Waals surface area contributed by atoms with Crippen molar-refractivity contribution in [1.82, 2.24) is 20.2 Å². The number of halogens is 1. The third kappa shape index (κ3) is 6.65. The van der Waals surface area contributed by atoms with Gasteiger partial charge >= 0.3 is 6.03 Å². The van der Waals surface area contributed by atoms with E-state index in [0.29, 0.717) is 29.0 Å². The first-order valence-corrected chi connectivity index (χ1v) is 10.1. The van der Waals surface area contributed by atoms with Crippen LogP contribution in [0.3, 0.4) is 0 Å².